The zero-order valence-electron chi connectivity index (χ0n) is 19.7. The van der Waals surface area contributed by atoms with E-state index in [1.807, 2.05) is 12.3 Å². The van der Waals surface area contributed by atoms with Crippen LogP contribution in [0.4, 0.5) is 5.82 Å². The highest BCUT2D eigenvalue weighted by Gasteiger charge is 2.16. The number of anilines is 1. The topological polar surface area (TPSA) is 74.2 Å². The highest BCUT2D eigenvalue weighted by atomic mass is 16.5. The molecule has 1 aromatic heterocycles. The van der Waals surface area contributed by atoms with Crippen LogP contribution in [0.3, 0.4) is 0 Å². The SMILES string of the molecule is CCCCOCCOCCNC(=NCc1ccnc(N2CCN(CC)CC2)c1)NCC. The third-order valence-corrected chi connectivity index (χ3v) is 5.27. The molecule has 8 nitrogen and oxygen atoms in total. The molecule has 1 saturated heterocycles. The second-order valence-electron chi connectivity index (χ2n) is 7.64. The smallest absolute Gasteiger partial charge is 0.191 e. The van der Waals surface area contributed by atoms with Crippen LogP contribution in [0.5, 0.6) is 0 Å². The lowest BCUT2D eigenvalue weighted by molar-refractivity contribution is 0.0487. The fourth-order valence-corrected chi connectivity index (χ4v) is 3.35. The summed E-state index contributed by atoms with van der Waals surface area (Å²) < 4.78 is 11.1. The fraction of sp³-hybridized carbons (Fsp3) is 0.739. The van der Waals surface area contributed by atoms with Crippen molar-refractivity contribution in [3.8, 4) is 0 Å². The minimum absolute atomic E-state index is 0.617. The molecule has 0 amide bonds. The van der Waals surface area contributed by atoms with E-state index in [-0.39, 0.29) is 0 Å². The van der Waals surface area contributed by atoms with Crippen molar-refractivity contribution in [1.29, 1.82) is 0 Å². The molecule has 1 aromatic rings. The lowest BCUT2D eigenvalue weighted by Gasteiger charge is -2.34. The number of ether oxygens (including phenoxy) is 2. The van der Waals surface area contributed by atoms with E-state index >= 15 is 0 Å². The first kappa shape index (κ1) is 25.4. The Bertz CT molecular complexity index is 620. The van der Waals surface area contributed by atoms with Crippen molar-refractivity contribution in [1.82, 2.24) is 20.5 Å². The Labute approximate surface area is 188 Å². The van der Waals surface area contributed by atoms with Gasteiger partial charge in [-0.15, -0.1) is 0 Å². The second-order valence-corrected chi connectivity index (χ2v) is 7.64. The van der Waals surface area contributed by atoms with Crippen LogP contribution in [0.25, 0.3) is 0 Å². The number of likely N-dealkylation sites (N-methyl/N-ethyl adjacent to an activating group) is 1. The minimum Gasteiger partial charge on any atom is -0.379 e. The van der Waals surface area contributed by atoms with E-state index in [4.69, 9.17) is 14.5 Å². The number of hydrogen-bond acceptors (Lipinski definition) is 6. The Morgan fingerprint density at radius 1 is 1.03 bits per heavy atom. The number of guanidine groups is 1. The zero-order valence-corrected chi connectivity index (χ0v) is 19.7. The van der Waals surface area contributed by atoms with Crippen molar-refractivity contribution in [2.45, 2.75) is 40.2 Å². The first-order valence-electron chi connectivity index (χ1n) is 11.9. The zero-order chi connectivity index (χ0) is 22.2. The number of aromatic nitrogens is 1. The summed E-state index contributed by atoms with van der Waals surface area (Å²) in [7, 11) is 0. The molecule has 176 valence electrons. The molecule has 8 heteroatoms. The fourth-order valence-electron chi connectivity index (χ4n) is 3.35. The molecule has 2 heterocycles. The van der Waals surface area contributed by atoms with Gasteiger partial charge in [-0.1, -0.05) is 20.3 Å². The molecule has 0 spiro atoms. The summed E-state index contributed by atoms with van der Waals surface area (Å²) in [5, 5.41) is 6.63. The minimum atomic E-state index is 0.617. The largest absolute Gasteiger partial charge is 0.379 e. The van der Waals surface area contributed by atoms with Crippen LogP contribution >= 0.6 is 0 Å². The van der Waals surface area contributed by atoms with Crippen molar-refractivity contribution in [2.75, 3.05) is 77.1 Å². The van der Waals surface area contributed by atoms with Crippen molar-refractivity contribution in [3.05, 3.63) is 23.9 Å². The van der Waals surface area contributed by atoms with E-state index < -0.39 is 0 Å². The van der Waals surface area contributed by atoms with Gasteiger partial charge in [0.15, 0.2) is 5.96 Å². The summed E-state index contributed by atoms with van der Waals surface area (Å²) >= 11 is 0. The van der Waals surface area contributed by atoms with E-state index in [2.05, 4.69) is 52.3 Å². The molecule has 2 rings (SSSR count). The molecule has 31 heavy (non-hydrogen) atoms. The maximum Gasteiger partial charge on any atom is 0.191 e. The predicted octanol–water partition coefficient (Wildman–Crippen LogP) is 2.11. The molecule has 1 aliphatic rings. The van der Waals surface area contributed by atoms with Crippen LogP contribution in [-0.4, -0.2) is 88.1 Å². The van der Waals surface area contributed by atoms with Crippen LogP contribution in [-0.2, 0) is 16.0 Å². The van der Waals surface area contributed by atoms with Crippen LogP contribution in [0, 0.1) is 0 Å². The number of pyridine rings is 1. The van der Waals surface area contributed by atoms with Gasteiger partial charge in [-0.3, -0.25) is 0 Å². The molecule has 0 aromatic carbocycles. The first-order chi connectivity index (χ1) is 15.3. The highest BCUT2D eigenvalue weighted by Crippen LogP contribution is 2.15. The molecule has 0 aliphatic carbocycles. The number of unbranched alkanes of at least 4 members (excludes halogenated alkanes) is 1. The van der Waals surface area contributed by atoms with Crippen LogP contribution in [0.2, 0.25) is 0 Å². The van der Waals surface area contributed by atoms with Gasteiger partial charge in [-0.25, -0.2) is 9.98 Å². The number of hydrogen-bond donors (Lipinski definition) is 2. The van der Waals surface area contributed by atoms with Crippen molar-refractivity contribution in [3.63, 3.8) is 0 Å². The van der Waals surface area contributed by atoms with Gasteiger partial charge in [0.1, 0.15) is 5.82 Å². The van der Waals surface area contributed by atoms with Gasteiger partial charge in [0, 0.05) is 52.1 Å². The third-order valence-electron chi connectivity index (χ3n) is 5.27. The number of nitrogens with one attached hydrogen (secondary N) is 2. The van der Waals surface area contributed by atoms with E-state index in [9.17, 15) is 0 Å². The average Bonchev–Trinajstić information content (AvgIpc) is 2.81. The Kier molecular flexibility index (Phi) is 13.0. The molecular formula is C23H42N6O2. The average molecular weight is 435 g/mol. The van der Waals surface area contributed by atoms with E-state index in [1.165, 1.54) is 5.56 Å². The summed E-state index contributed by atoms with van der Waals surface area (Å²) in [6, 6.07) is 4.21. The van der Waals surface area contributed by atoms with E-state index in [0.29, 0.717) is 32.9 Å². The molecule has 0 bridgehead atoms. The van der Waals surface area contributed by atoms with Gasteiger partial charge < -0.3 is 29.9 Å². The summed E-state index contributed by atoms with van der Waals surface area (Å²) in [4.78, 5) is 14.1. The van der Waals surface area contributed by atoms with E-state index in [0.717, 1.165) is 70.5 Å². The number of nitrogens with zero attached hydrogens (tertiary/aromatic N) is 4. The maximum absolute atomic E-state index is 5.62. The van der Waals surface area contributed by atoms with Crippen LogP contribution in [0.1, 0.15) is 39.2 Å². The van der Waals surface area contributed by atoms with Gasteiger partial charge in [0.2, 0.25) is 0 Å². The van der Waals surface area contributed by atoms with Gasteiger partial charge in [-0.2, -0.15) is 0 Å². The first-order valence-corrected chi connectivity index (χ1v) is 11.9. The van der Waals surface area contributed by atoms with E-state index in [1.54, 1.807) is 0 Å². The van der Waals surface area contributed by atoms with Gasteiger partial charge in [-0.05, 0) is 37.6 Å². The molecule has 2 N–H and O–H groups in total. The summed E-state index contributed by atoms with van der Waals surface area (Å²) in [5.74, 6) is 1.86. The van der Waals surface area contributed by atoms with Gasteiger partial charge >= 0.3 is 0 Å². The lowest BCUT2D eigenvalue weighted by atomic mass is 10.2. The van der Waals surface area contributed by atoms with Gasteiger partial charge in [0.25, 0.3) is 0 Å². The van der Waals surface area contributed by atoms with Gasteiger partial charge in [0.05, 0.1) is 26.4 Å². The monoisotopic (exact) mass is 434 g/mol. The highest BCUT2D eigenvalue weighted by molar-refractivity contribution is 5.79. The normalized spacial score (nSPS) is 15.3. The number of piperazine rings is 1. The third kappa shape index (κ3) is 10.3. The molecule has 0 saturated carbocycles. The van der Waals surface area contributed by atoms with Crippen molar-refractivity contribution in [2.24, 2.45) is 4.99 Å². The molecule has 0 radical (unpaired) electrons. The molecule has 0 unspecified atom stereocenters. The van der Waals surface area contributed by atoms with Crippen molar-refractivity contribution >= 4 is 11.8 Å². The predicted molar refractivity (Wildman–Crippen MR) is 128 cm³/mol. The summed E-state index contributed by atoms with van der Waals surface area (Å²) in [6.07, 6.45) is 4.16. The number of aliphatic imine (C=N–C) groups is 1. The Morgan fingerprint density at radius 3 is 2.52 bits per heavy atom. The molecule has 1 fully saturated rings. The quantitative estimate of drug-likeness (QED) is 0.264. The Balaban J connectivity index is 1.73. The Hall–Kier alpha value is -1.90. The van der Waals surface area contributed by atoms with Crippen LogP contribution in [0.15, 0.2) is 23.3 Å². The maximum atomic E-state index is 5.62. The molecule has 0 atom stereocenters. The van der Waals surface area contributed by atoms with Crippen molar-refractivity contribution < 1.29 is 9.47 Å². The standard InChI is InChI=1S/C23H42N6O2/c1-4-7-15-30-17-18-31-16-10-26-23(24-5-2)27-20-21-8-9-25-22(19-21)29-13-11-28(6-3)12-14-29/h8-9,19H,4-7,10-18,20H2,1-3H3,(H2,24,26,27). The molecular weight excluding hydrogens is 392 g/mol. The van der Waals surface area contributed by atoms with Crippen LogP contribution < -0.4 is 15.5 Å². The second kappa shape index (κ2) is 15.8. The Morgan fingerprint density at radius 2 is 1.81 bits per heavy atom. The summed E-state index contributed by atoms with van der Waals surface area (Å²) in [6.45, 7) is 16.7. The molecule has 1 aliphatic heterocycles. The summed E-state index contributed by atoms with van der Waals surface area (Å²) in [5.41, 5.74) is 1.17. The lowest BCUT2D eigenvalue weighted by Crippen LogP contribution is -2.46. The number of rotatable bonds is 14.